The van der Waals surface area contributed by atoms with Crippen molar-refractivity contribution in [3.63, 3.8) is 0 Å². The van der Waals surface area contributed by atoms with Gasteiger partial charge in [-0.2, -0.15) is 0 Å². The first kappa shape index (κ1) is 11.6. The number of rotatable bonds is 3. The van der Waals surface area contributed by atoms with Gasteiger partial charge < -0.3 is 5.11 Å². The van der Waals surface area contributed by atoms with Gasteiger partial charge in [0.15, 0.2) is 0 Å². The predicted octanol–water partition coefficient (Wildman–Crippen LogP) is 4.00. The molecule has 1 N–H and O–H groups in total. The third-order valence-electron chi connectivity index (χ3n) is 3.43. The van der Waals surface area contributed by atoms with E-state index in [0.717, 1.165) is 6.42 Å². The van der Waals surface area contributed by atoms with E-state index in [1.165, 1.54) is 40.8 Å². The molecule has 0 aromatic carbocycles. The third-order valence-corrected chi connectivity index (χ3v) is 5.05. The molecule has 1 aromatic rings. The van der Waals surface area contributed by atoms with Crippen molar-refractivity contribution < 1.29 is 5.11 Å². The van der Waals surface area contributed by atoms with Crippen molar-refractivity contribution >= 4 is 27.3 Å². The second kappa shape index (κ2) is 4.98. The Morgan fingerprint density at radius 2 is 2.00 bits per heavy atom. The maximum atomic E-state index is 9.60. The lowest BCUT2D eigenvalue weighted by molar-refractivity contribution is 0.0831. The van der Waals surface area contributed by atoms with Crippen LogP contribution in [-0.2, 0) is 6.42 Å². The quantitative estimate of drug-likeness (QED) is 0.892. The average molecular weight is 289 g/mol. The average Bonchev–Trinajstić information content (AvgIpc) is 2.65. The monoisotopic (exact) mass is 288 g/mol. The molecule has 1 aromatic heterocycles. The van der Waals surface area contributed by atoms with Crippen LogP contribution in [0.2, 0.25) is 0 Å². The zero-order valence-electron chi connectivity index (χ0n) is 8.84. The smallest absolute Gasteiger partial charge is 0.0701 e. The molecule has 1 aliphatic carbocycles. The van der Waals surface area contributed by atoms with E-state index in [9.17, 15) is 5.11 Å². The molecule has 84 valence electrons. The van der Waals surface area contributed by atoms with Crippen molar-refractivity contribution in [2.75, 3.05) is 6.61 Å². The molecule has 1 nitrogen and oxygen atoms in total. The number of hydrogen-bond acceptors (Lipinski definition) is 2. The fourth-order valence-electron chi connectivity index (χ4n) is 2.51. The van der Waals surface area contributed by atoms with Gasteiger partial charge in [0.1, 0.15) is 0 Å². The lowest BCUT2D eigenvalue weighted by atomic mass is 9.72. The van der Waals surface area contributed by atoms with Gasteiger partial charge in [0.05, 0.1) is 3.79 Å². The molecule has 1 aliphatic rings. The van der Waals surface area contributed by atoms with E-state index in [1.54, 1.807) is 11.3 Å². The highest BCUT2D eigenvalue weighted by atomic mass is 79.9. The molecule has 0 atom stereocenters. The molecule has 0 unspecified atom stereocenters. The first-order chi connectivity index (χ1) is 7.24. The van der Waals surface area contributed by atoms with Gasteiger partial charge in [-0.05, 0) is 52.7 Å². The first-order valence-corrected chi connectivity index (χ1v) is 7.20. The Hall–Kier alpha value is 0.140. The Balaban J connectivity index is 2.06. The van der Waals surface area contributed by atoms with Crippen molar-refractivity contribution in [1.82, 2.24) is 0 Å². The summed E-state index contributed by atoms with van der Waals surface area (Å²) in [5, 5.41) is 9.60. The molecule has 1 fully saturated rings. The first-order valence-electron chi connectivity index (χ1n) is 5.59. The van der Waals surface area contributed by atoms with Gasteiger partial charge >= 0.3 is 0 Å². The molecule has 0 saturated heterocycles. The highest BCUT2D eigenvalue weighted by Crippen LogP contribution is 2.40. The fraction of sp³-hybridized carbons (Fsp3) is 0.667. The van der Waals surface area contributed by atoms with Crippen LogP contribution in [0, 0.1) is 5.41 Å². The molecular weight excluding hydrogens is 272 g/mol. The van der Waals surface area contributed by atoms with Crippen molar-refractivity contribution in [2.45, 2.75) is 38.5 Å². The van der Waals surface area contributed by atoms with Gasteiger partial charge in [0.25, 0.3) is 0 Å². The highest BCUT2D eigenvalue weighted by molar-refractivity contribution is 9.11. The van der Waals surface area contributed by atoms with Crippen LogP contribution < -0.4 is 0 Å². The van der Waals surface area contributed by atoms with E-state index in [-0.39, 0.29) is 5.41 Å². The minimum atomic E-state index is 0.183. The number of hydrogen-bond donors (Lipinski definition) is 1. The Morgan fingerprint density at radius 3 is 2.53 bits per heavy atom. The summed E-state index contributed by atoms with van der Waals surface area (Å²) in [5.41, 5.74) is 0.183. The number of aliphatic hydroxyl groups is 1. The Labute approximate surface area is 104 Å². The van der Waals surface area contributed by atoms with E-state index < -0.39 is 0 Å². The maximum absolute atomic E-state index is 9.60. The zero-order chi connectivity index (χ0) is 10.7. The second-order valence-corrected chi connectivity index (χ2v) is 7.15. The molecule has 15 heavy (non-hydrogen) atoms. The molecular formula is C12H17BrOS. The Bertz CT molecular complexity index is 315. The van der Waals surface area contributed by atoms with Crippen LogP contribution in [0.3, 0.4) is 0 Å². The summed E-state index contributed by atoms with van der Waals surface area (Å²) in [5.74, 6) is 0. The Morgan fingerprint density at radius 1 is 1.27 bits per heavy atom. The van der Waals surface area contributed by atoms with Gasteiger partial charge in [0, 0.05) is 11.5 Å². The second-order valence-electron chi connectivity index (χ2n) is 4.60. The lowest BCUT2D eigenvalue weighted by Gasteiger charge is -2.35. The summed E-state index contributed by atoms with van der Waals surface area (Å²) in [6.07, 6.45) is 7.36. The fourth-order valence-corrected chi connectivity index (χ4v) is 4.17. The summed E-state index contributed by atoms with van der Waals surface area (Å²) in [6, 6.07) is 4.29. The van der Waals surface area contributed by atoms with Crippen LogP contribution >= 0.6 is 27.3 Å². The van der Waals surface area contributed by atoms with Crippen molar-refractivity contribution in [2.24, 2.45) is 5.41 Å². The number of aliphatic hydroxyl groups excluding tert-OH is 1. The van der Waals surface area contributed by atoms with E-state index >= 15 is 0 Å². The third kappa shape index (κ3) is 2.83. The van der Waals surface area contributed by atoms with Crippen molar-refractivity contribution in [1.29, 1.82) is 0 Å². The number of halogens is 1. The maximum Gasteiger partial charge on any atom is 0.0701 e. The molecule has 0 radical (unpaired) electrons. The van der Waals surface area contributed by atoms with E-state index in [4.69, 9.17) is 0 Å². The standard InChI is InChI=1S/C12H17BrOS/c13-11-5-4-10(15-11)8-12(9-14)6-2-1-3-7-12/h4-5,14H,1-3,6-9H2. The predicted molar refractivity (Wildman–Crippen MR) is 68.3 cm³/mol. The largest absolute Gasteiger partial charge is 0.396 e. The van der Waals surface area contributed by atoms with Crippen LogP contribution in [-0.4, -0.2) is 11.7 Å². The van der Waals surface area contributed by atoms with E-state index in [1.807, 2.05) is 0 Å². The van der Waals surface area contributed by atoms with Crippen LogP contribution in [0.5, 0.6) is 0 Å². The van der Waals surface area contributed by atoms with Gasteiger partial charge in [-0.15, -0.1) is 11.3 Å². The summed E-state index contributed by atoms with van der Waals surface area (Å²) < 4.78 is 1.20. The summed E-state index contributed by atoms with van der Waals surface area (Å²) in [6.45, 7) is 0.350. The molecule has 3 heteroatoms. The van der Waals surface area contributed by atoms with Gasteiger partial charge in [-0.3, -0.25) is 0 Å². The summed E-state index contributed by atoms with van der Waals surface area (Å²) >= 11 is 5.29. The molecule has 0 bridgehead atoms. The SMILES string of the molecule is OCC1(Cc2ccc(Br)s2)CCCCC1. The van der Waals surface area contributed by atoms with E-state index in [0.29, 0.717) is 6.61 Å². The van der Waals surface area contributed by atoms with Gasteiger partial charge in [0.2, 0.25) is 0 Å². The number of thiophene rings is 1. The van der Waals surface area contributed by atoms with Crippen LogP contribution in [0.4, 0.5) is 0 Å². The molecule has 0 spiro atoms. The van der Waals surface area contributed by atoms with Crippen LogP contribution in [0.15, 0.2) is 15.9 Å². The molecule has 2 rings (SSSR count). The minimum absolute atomic E-state index is 0.183. The summed E-state index contributed by atoms with van der Waals surface area (Å²) in [4.78, 5) is 1.40. The molecule has 0 amide bonds. The topological polar surface area (TPSA) is 20.2 Å². The van der Waals surface area contributed by atoms with Crippen LogP contribution in [0.25, 0.3) is 0 Å². The Kier molecular flexibility index (Phi) is 3.86. The van der Waals surface area contributed by atoms with Gasteiger partial charge in [-0.25, -0.2) is 0 Å². The van der Waals surface area contributed by atoms with Gasteiger partial charge in [-0.1, -0.05) is 19.3 Å². The normalized spacial score (nSPS) is 20.4. The van der Waals surface area contributed by atoms with Crippen molar-refractivity contribution in [3.8, 4) is 0 Å². The zero-order valence-corrected chi connectivity index (χ0v) is 11.2. The lowest BCUT2D eigenvalue weighted by Crippen LogP contribution is -2.30. The molecule has 1 saturated carbocycles. The molecule has 0 aliphatic heterocycles. The van der Waals surface area contributed by atoms with Crippen molar-refractivity contribution in [3.05, 3.63) is 20.8 Å². The molecule has 1 heterocycles. The summed E-state index contributed by atoms with van der Waals surface area (Å²) in [7, 11) is 0. The minimum Gasteiger partial charge on any atom is -0.396 e. The highest BCUT2D eigenvalue weighted by Gasteiger charge is 2.31. The van der Waals surface area contributed by atoms with Crippen LogP contribution in [0.1, 0.15) is 37.0 Å². The van der Waals surface area contributed by atoms with E-state index in [2.05, 4.69) is 28.1 Å².